The van der Waals surface area contributed by atoms with Gasteiger partial charge in [0, 0.05) is 0 Å². The number of anilines is 1. The summed E-state index contributed by atoms with van der Waals surface area (Å²) in [6.45, 7) is 5.60. The molecule has 0 atom stereocenters. The molecule has 4 rings (SSSR count). The van der Waals surface area contributed by atoms with E-state index in [0.717, 1.165) is 22.5 Å². The van der Waals surface area contributed by atoms with E-state index in [0.29, 0.717) is 28.0 Å². The van der Waals surface area contributed by atoms with Crippen LogP contribution in [0.5, 0.6) is 11.5 Å². The molecule has 0 aliphatic carbocycles. The highest BCUT2D eigenvalue weighted by Gasteiger charge is 2.34. The Kier molecular flexibility index (Phi) is 7.75. The van der Waals surface area contributed by atoms with Crippen molar-refractivity contribution < 1.29 is 24.2 Å². The minimum Gasteiger partial charge on any atom is -0.546 e. The first-order valence-corrected chi connectivity index (χ1v) is 12.2. The number of rotatable bonds is 8. The summed E-state index contributed by atoms with van der Waals surface area (Å²) in [6, 6.07) is 20.6. The molecule has 1 fully saturated rings. The summed E-state index contributed by atoms with van der Waals surface area (Å²) in [5.74, 6) is -0.845. The second kappa shape index (κ2) is 11.1. The molecule has 7 nitrogen and oxygen atoms in total. The quantitative estimate of drug-likeness (QED) is 0.418. The molecule has 0 spiro atoms. The lowest BCUT2D eigenvalue weighted by atomic mass is 10.1. The van der Waals surface area contributed by atoms with E-state index in [-0.39, 0.29) is 11.7 Å². The van der Waals surface area contributed by atoms with Gasteiger partial charge >= 0.3 is 0 Å². The van der Waals surface area contributed by atoms with Gasteiger partial charge in [-0.1, -0.05) is 41.5 Å². The zero-order valence-electron chi connectivity index (χ0n) is 20.2. The number of carbonyl (C=O) groups excluding carboxylic acids is 2. The van der Waals surface area contributed by atoms with Crippen LogP contribution in [0.25, 0.3) is 6.08 Å². The summed E-state index contributed by atoms with van der Waals surface area (Å²) in [5.41, 5.74) is 4.41. The van der Waals surface area contributed by atoms with E-state index in [1.165, 1.54) is 11.8 Å². The number of aliphatic imine (C=N–C) groups is 1. The molecule has 0 aromatic heterocycles. The largest absolute Gasteiger partial charge is 0.546 e. The maximum absolute atomic E-state index is 13.5. The molecular weight excluding hydrogens is 476 g/mol. The third-order valence-corrected chi connectivity index (χ3v) is 6.24. The van der Waals surface area contributed by atoms with Crippen molar-refractivity contribution in [2.24, 2.45) is 4.99 Å². The van der Waals surface area contributed by atoms with Crippen molar-refractivity contribution in [1.82, 2.24) is 0 Å². The van der Waals surface area contributed by atoms with Crippen LogP contribution in [-0.4, -0.2) is 30.3 Å². The average Bonchev–Trinajstić information content (AvgIpc) is 3.15. The van der Waals surface area contributed by atoms with Gasteiger partial charge in [-0.25, -0.2) is 4.99 Å². The Bertz CT molecular complexity index is 1330. The number of nitrogens with zero attached hydrogens (tertiary/aromatic N) is 2. The van der Waals surface area contributed by atoms with Gasteiger partial charge in [-0.3, -0.25) is 9.69 Å². The Labute approximate surface area is 214 Å². The van der Waals surface area contributed by atoms with Gasteiger partial charge in [0.2, 0.25) is 0 Å². The van der Waals surface area contributed by atoms with Crippen molar-refractivity contribution in [3.8, 4) is 11.5 Å². The number of carbonyl (C=O) groups is 2. The van der Waals surface area contributed by atoms with Crippen LogP contribution in [0.1, 0.15) is 23.6 Å². The van der Waals surface area contributed by atoms with E-state index in [1.54, 1.807) is 29.2 Å². The SMILES string of the molecule is CCOc1cc(/C=C2\SC(=Nc3ccc(C)cc3)N(c3ccc(C)cc3)C2=O)ccc1OCC(=O)[O-]. The van der Waals surface area contributed by atoms with Crippen LogP contribution in [0, 0.1) is 13.8 Å². The highest BCUT2D eigenvalue weighted by atomic mass is 32.2. The van der Waals surface area contributed by atoms with Gasteiger partial charge in [0.25, 0.3) is 5.91 Å². The first-order chi connectivity index (χ1) is 17.3. The number of thioether (sulfide) groups is 1. The number of hydrogen-bond donors (Lipinski definition) is 0. The number of ether oxygens (including phenoxy) is 2. The van der Waals surface area contributed by atoms with Crippen LogP contribution in [0.15, 0.2) is 76.6 Å². The number of carboxylic acids is 1. The van der Waals surface area contributed by atoms with Crippen LogP contribution in [-0.2, 0) is 9.59 Å². The normalized spacial score (nSPS) is 15.5. The fourth-order valence-corrected chi connectivity index (χ4v) is 4.49. The van der Waals surface area contributed by atoms with Gasteiger partial charge in [-0.05, 0) is 80.6 Å². The van der Waals surface area contributed by atoms with Gasteiger partial charge in [-0.2, -0.15) is 0 Å². The van der Waals surface area contributed by atoms with E-state index in [2.05, 4.69) is 0 Å². The summed E-state index contributed by atoms with van der Waals surface area (Å²) < 4.78 is 10.9. The molecule has 184 valence electrons. The number of amides is 1. The standard InChI is InChI=1S/C28H26N2O5S/c1-4-34-24-15-20(9-14-23(24)35-17-26(31)32)16-25-27(33)30(22-12-7-19(3)8-13-22)28(36-25)29-21-10-5-18(2)6-11-21/h5-16H,4,17H2,1-3H3,(H,31,32)/p-1/b25-16-,29-28?. The Balaban J connectivity index is 1.71. The third kappa shape index (κ3) is 5.95. The second-order valence-electron chi connectivity index (χ2n) is 8.12. The first-order valence-electron chi connectivity index (χ1n) is 11.4. The van der Waals surface area contributed by atoms with E-state index in [9.17, 15) is 14.7 Å². The number of carboxylic acid groups (broad SMARTS) is 1. The van der Waals surface area contributed by atoms with E-state index in [1.807, 2.05) is 69.3 Å². The van der Waals surface area contributed by atoms with Crippen LogP contribution in [0.3, 0.4) is 0 Å². The number of benzene rings is 3. The van der Waals surface area contributed by atoms with Gasteiger partial charge in [-0.15, -0.1) is 0 Å². The highest BCUT2D eigenvalue weighted by molar-refractivity contribution is 8.19. The van der Waals surface area contributed by atoms with Crippen molar-refractivity contribution in [2.45, 2.75) is 20.8 Å². The predicted octanol–water partition coefficient (Wildman–Crippen LogP) is 4.64. The molecule has 0 bridgehead atoms. The monoisotopic (exact) mass is 501 g/mol. The maximum Gasteiger partial charge on any atom is 0.271 e. The number of hydrogen-bond acceptors (Lipinski definition) is 7. The van der Waals surface area contributed by atoms with Gasteiger partial charge in [0.15, 0.2) is 16.7 Å². The molecular formula is C28H25N2O5S-. The smallest absolute Gasteiger partial charge is 0.271 e. The molecule has 3 aromatic rings. The molecule has 1 aliphatic rings. The van der Waals surface area contributed by atoms with Gasteiger partial charge in [0.1, 0.15) is 6.61 Å². The third-order valence-electron chi connectivity index (χ3n) is 5.27. The Hall–Kier alpha value is -4.04. The van der Waals surface area contributed by atoms with E-state index in [4.69, 9.17) is 14.5 Å². The molecule has 1 aliphatic heterocycles. The second-order valence-corrected chi connectivity index (χ2v) is 9.13. The molecule has 1 heterocycles. The van der Waals surface area contributed by atoms with Crippen molar-refractivity contribution in [2.75, 3.05) is 18.1 Å². The zero-order valence-corrected chi connectivity index (χ0v) is 21.0. The lowest BCUT2D eigenvalue weighted by molar-refractivity contribution is -0.307. The lowest BCUT2D eigenvalue weighted by Crippen LogP contribution is -2.29. The predicted molar refractivity (Wildman–Crippen MR) is 141 cm³/mol. The van der Waals surface area contributed by atoms with Gasteiger partial charge < -0.3 is 19.4 Å². The summed E-state index contributed by atoms with van der Waals surface area (Å²) in [7, 11) is 0. The lowest BCUT2D eigenvalue weighted by Gasteiger charge is -2.16. The molecule has 8 heteroatoms. The molecule has 0 N–H and O–H groups in total. The van der Waals surface area contributed by atoms with Crippen molar-refractivity contribution in [3.63, 3.8) is 0 Å². The van der Waals surface area contributed by atoms with Crippen LogP contribution in [0.4, 0.5) is 11.4 Å². The Morgan fingerprint density at radius 1 is 0.972 bits per heavy atom. The van der Waals surface area contributed by atoms with Crippen molar-refractivity contribution >= 4 is 46.3 Å². The summed E-state index contributed by atoms with van der Waals surface area (Å²) in [5, 5.41) is 11.3. The zero-order chi connectivity index (χ0) is 25.7. The highest BCUT2D eigenvalue weighted by Crippen LogP contribution is 2.38. The molecule has 36 heavy (non-hydrogen) atoms. The minimum atomic E-state index is -1.33. The Morgan fingerprint density at radius 2 is 1.64 bits per heavy atom. The number of aliphatic carboxylic acids is 1. The van der Waals surface area contributed by atoms with Crippen LogP contribution < -0.4 is 19.5 Å². The van der Waals surface area contributed by atoms with Crippen LogP contribution >= 0.6 is 11.8 Å². The molecule has 0 unspecified atom stereocenters. The topological polar surface area (TPSA) is 91.3 Å². The molecule has 1 amide bonds. The summed E-state index contributed by atoms with van der Waals surface area (Å²) in [4.78, 5) is 31.2. The molecule has 1 saturated heterocycles. The van der Waals surface area contributed by atoms with E-state index < -0.39 is 12.6 Å². The van der Waals surface area contributed by atoms with Crippen molar-refractivity contribution in [1.29, 1.82) is 0 Å². The summed E-state index contributed by atoms with van der Waals surface area (Å²) in [6.07, 6.45) is 1.76. The molecule has 0 saturated carbocycles. The number of amidine groups is 1. The average molecular weight is 502 g/mol. The van der Waals surface area contributed by atoms with Gasteiger partial charge in [0.05, 0.1) is 28.9 Å². The first kappa shape index (κ1) is 25.1. The Morgan fingerprint density at radius 3 is 2.28 bits per heavy atom. The maximum atomic E-state index is 13.5. The fourth-order valence-electron chi connectivity index (χ4n) is 3.49. The molecule has 3 aromatic carbocycles. The fraction of sp³-hybridized carbons (Fsp3) is 0.179. The summed E-state index contributed by atoms with van der Waals surface area (Å²) >= 11 is 1.29. The molecule has 0 radical (unpaired) electrons. The number of aryl methyl sites for hydroxylation is 2. The van der Waals surface area contributed by atoms with Crippen LogP contribution in [0.2, 0.25) is 0 Å². The minimum absolute atomic E-state index is 0.190. The van der Waals surface area contributed by atoms with Crippen molar-refractivity contribution in [3.05, 3.63) is 88.3 Å². The van der Waals surface area contributed by atoms with E-state index >= 15 is 0 Å².